The van der Waals surface area contributed by atoms with E-state index in [1.807, 2.05) is 80.6 Å². The number of fused-ring (bicyclic) bond motifs is 1. The summed E-state index contributed by atoms with van der Waals surface area (Å²) in [5.41, 5.74) is 4.84. The van der Waals surface area contributed by atoms with Gasteiger partial charge in [-0.2, -0.15) is 9.78 Å². The van der Waals surface area contributed by atoms with Gasteiger partial charge in [0.2, 0.25) is 0 Å². The zero-order chi connectivity index (χ0) is 31.4. The number of benzene rings is 4. The molecule has 0 amide bonds. The fraction of sp³-hybridized carbons (Fsp3) is 0.229. The van der Waals surface area contributed by atoms with E-state index >= 15 is 0 Å². The molecule has 0 atom stereocenters. The summed E-state index contributed by atoms with van der Waals surface area (Å²) in [5.74, 6) is 2.69. The van der Waals surface area contributed by atoms with E-state index in [0.29, 0.717) is 46.5 Å². The van der Waals surface area contributed by atoms with Crippen molar-refractivity contribution in [2.24, 2.45) is 5.10 Å². The Balaban J connectivity index is 1.59. The van der Waals surface area contributed by atoms with Gasteiger partial charge in [0, 0.05) is 10.6 Å². The van der Waals surface area contributed by atoms with Crippen LogP contribution in [-0.2, 0) is 6.61 Å². The van der Waals surface area contributed by atoms with Gasteiger partial charge in [-0.25, -0.2) is 4.98 Å². The van der Waals surface area contributed by atoms with Gasteiger partial charge in [0.25, 0.3) is 5.56 Å². The van der Waals surface area contributed by atoms with Crippen molar-refractivity contribution >= 4 is 51.3 Å². The van der Waals surface area contributed by atoms with E-state index in [-0.39, 0.29) is 11.5 Å². The van der Waals surface area contributed by atoms with Crippen LogP contribution in [-0.4, -0.2) is 29.6 Å². The molecule has 226 valence electrons. The number of aromatic nitrogens is 2. The Morgan fingerprint density at radius 1 is 1.02 bits per heavy atom. The van der Waals surface area contributed by atoms with Crippen molar-refractivity contribution in [2.45, 2.75) is 40.2 Å². The maximum atomic E-state index is 13.9. The molecule has 1 aromatic heterocycles. The van der Waals surface area contributed by atoms with Crippen LogP contribution in [0.3, 0.4) is 0 Å². The lowest BCUT2D eigenvalue weighted by Gasteiger charge is -2.17. The summed E-state index contributed by atoms with van der Waals surface area (Å²) in [4.78, 5) is 18.8. The predicted octanol–water partition coefficient (Wildman–Crippen LogP) is 8.62. The standard InChI is InChI=1S/C35H33ClIN3O4/c1-6-43-32-17-24(16-29(37)33(32)44-20-23-11-13-25(36)14-12-23)19-38-40-34(39-30-10-8-7-9-26(30)35(40)41)28-18-27(21(2)3)31(42-5)15-22(28)4/h7-19,21H,6,20H2,1-5H3. The molecule has 0 saturated carbocycles. The topological polar surface area (TPSA) is 74.9 Å². The molecular weight excluding hydrogens is 689 g/mol. The first-order valence-corrected chi connectivity index (χ1v) is 15.7. The summed E-state index contributed by atoms with van der Waals surface area (Å²) < 4.78 is 20.0. The van der Waals surface area contributed by atoms with Crippen molar-refractivity contribution in [1.29, 1.82) is 0 Å². The molecule has 5 aromatic rings. The van der Waals surface area contributed by atoms with Gasteiger partial charge < -0.3 is 14.2 Å². The number of hydrogen-bond donors (Lipinski definition) is 0. The van der Waals surface area contributed by atoms with Gasteiger partial charge in [0.05, 0.1) is 34.4 Å². The minimum Gasteiger partial charge on any atom is -0.496 e. The molecule has 0 aliphatic heterocycles. The first-order chi connectivity index (χ1) is 21.2. The molecule has 1 heterocycles. The maximum absolute atomic E-state index is 13.9. The van der Waals surface area contributed by atoms with Crippen molar-refractivity contribution < 1.29 is 14.2 Å². The molecule has 0 fully saturated rings. The highest BCUT2D eigenvalue weighted by Crippen LogP contribution is 2.36. The van der Waals surface area contributed by atoms with Crippen molar-refractivity contribution in [1.82, 2.24) is 9.66 Å². The quantitative estimate of drug-likeness (QED) is 0.107. The van der Waals surface area contributed by atoms with Crippen LogP contribution in [0.1, 0.15) is 48.9 Å². The van der Waals surface area contributed by atoms with E-state index in [2.05, 4.69) is 36.4 Å². The third-order valence-electron chi connectivity index (χ3n) is 7.14. The van der Waals surface area contributed by atoms with Crippen LogP contribution in [0.2, 0.25) is 5.02 Å². The van der Waals surface area contributed by atoms with Crippen LogP contribution in [0.25, 0.3) is 22.3 Å². The van der Waals surface area contributed by atoms with Crippen molar-refractivity contribution in [3.05, 3.63) is 114 Å². The second-order valence-electron chi connectivity index (χ2n) is 10.6. The fourth-order valence-electron chi connectivity index (χ4n) is 4.90. The summed E-state index contributed by atoms with van der Waals surface area (Å²) in [6, 6.07) is 22.7. The maximum Gasteiger partial charge on any atom is 0.282 e. The van der Waals surface area contributed by atoms with Crippen molar-refractivity contribution in [2.75, 3.05) is 13.7 Å². The minimum absolute atomic E-state index is 0.202. The van der Waals surface area contributed by atoms with E-state index in [0.717, 1.165) is 37.1 Å². The monoisotopic (exact) mass is 721 g/mol. The van der Waals surface area contributed by atoms with E-state index in [9.17, 15) is 4.79 Å². The number of halogens is 2. The Morgan fingerprint density at radius 2 is 1.77 bits per heavy atom. The number of rotatable bonds is 10. The van der Waals surface area contributed by atoms with Crippen LogP contribution < -0.4 is 19.8 Å². The summed E-state index contributed by atoms with van der Waals surface area (Å²) in [7, 11) is 1.67. The smallest absolute Gasteiger partial charge is 0.282 e. The van der Waals surface area contributed by atoms with Crippen molar-refractivity contribution in [3.63, 3.8) is 0 Å². The van der Waals surface area contributed by atoms with Gasteiger partial charge in [-0.15, -0.1) is 0 Å². The lowest BCUT2D eigenvalue weighted by atomic mass is 9.96. The second-order valence-corrected chi connectivity index (χ2v) is 12.2. The summed E-state index contributed by atoms with van der Waals surface area (Å²) in [6.07, 6.45) is 1.65. The molecule has 0 aliphatic rings. The molecule has 0 spiro atoms. The molecule has 44 heavy (non-hydrogen) atoms. The van der Waals surface area contributed by atoms with Crippen LogP contribution >= 0.6 is 34.2 Å². The van der Waals surface area contributed by atoms with Gasteiger partial charge in [-0.1, -0.05) is 49.7 Å². The number of aryl methyl sites for hydroxylation is 1. The number of ether oxygens (including phenoxy) is 3. The first kappa shape index (κ1) is 31.5. The Hall–Kier alpha value is -3.89. The Labute approximate surface area is 275 Å². The average molecular weight is 722 g/mol. The molecule has 0 N–H and O–H groups in total. The van der Waals surface area contributed by atoms with Crippen LogP contribution in [0.15, 0.2) is 82.7 Å². The number of hydrogen-bond acceptors (Lipinski definition) is 6. The van der Waals surface area contributed by atoms with Gasteiger partial charge in [0.1, 0.15) is 12.4 Å². The van der Waals surface area contributed by atoms with E-state index in [1.54, 1.807) is 19.4 Å². The van der Waals surface area contributed by atoms with Gasteiger partial charge in [-0.05, 0) is 113 Å². The summed E-state index contributed by atoms with van der Waals surface area (Å²) in [6.45, 7) is 8.94. The molecule has 0 bridgehead atoms. The molecular formula is C35H33ClIN3O4. The first-order valence-electron chi connectivity index (χ1n) is 14.3. The Bertz CT molecular complexity index is 1900. The van der Waals surface area contributed by atoms with E-state index in [4.69, 9.17) is 35.9 Å². The largest absolute Gasteiger partial charge is 0.496 e. The molecule has 0 unspecified atom stereocenters. The average Bonchev–Trinajstić information content (AvgIpc) is 3.01. The lowest BCUT2D eigenvalue weighted by Crippen LogP contribution is -2.21. The number of para-hydroxylation sites is 1. The molecule has 0 aliphatic carbocycles. The predicted molar refractivity (Wildman–Crippen MR) is 186 cm³/mol. The van der Waals surface area contributed by atoms with Crippen LogP contribution in [0.4, 0.5) is 0 Å². The Morgan fingerprint density at radius 3 is 2.48 bits per heavy atom. The zero-order valence-corrected chi connectivity index (χ0v) is 28.1. The normalized spacial score (nSPS) is 11.5. The second kappa shape index (κ2) is 13.8. The van der Waals surface area contributed by atoms with Crippen molar-refractivity contribution in [3.8, 4) is 28.6 Å². The van der Waals surface area contributed by atoms with Gasteiger partial charge in [0.15, 0.2) is 17.3 Å². The fourth-order valence-corrected chi connectivity index (χ4v) is 5.81. The molecule has 7 nitrogen and oxygen atoms in total. The molecule has 4 aromatic carbocycles. The molecule has 9 heteroatoms. The third kappa shape index (κ3) is 6.76. The zero-order valence-electron chi connectivity index (χ0n) is 25.2. The number of nitrogens with zero attached hydrogens (tertiary/aromatic N) is 3. The lowest BCUT2D eigenvalue weighted by molar-refractivity contribution is 0.267. The summed E-state index contributed by atoms with van der Waals surface area (Å²) >= 11 is 8.26. The molecule has 5 rings (SSSR count). The number of methoxy groups -OCH3 is 1. The Kier molecular flexibility index (Phi) is 9.90. The highest BCUT2D eigenvalue weighted by molar-refractivity contribution is 14.1. The van der Waals surface area contributed by atoms with E-state index in [1.165, 1.54) is 4.68 Å². The van der Waals surface area contributed by atoms with Gasteiger partial charge >= 0.3 is 0 Å². The highest BCUT2D eigenvalue weighted by atomic mass is 127. The SMILES string of the molecule is CCOc1cc(C=Nn2c(-c3cc(C(C)C)c(OC)cc3C)nc3ccccc3c2=O)cc(I)c1OCc1ccc(Cl)cc1. The van der Waals surface area contributed by atoms with Crippen LogP contribution in [0.5, 0.6) is 17.2 Å². The summed E-state index contributed by atoms with van der Waals surface area (Å²) in [5, 5.41) is 5.87. The molecule has 0 radical (unpaired) electrons. The molecule has 0 saturated heterocycles. The third-order valence-corrected chi connectivity index (χ3v) is 8.20. The van der Waals surface area contributed by atoms with Crippen LogP contribution in [0, 0.1) is 10.5 Å². The highest BCUT2D eigenvalue weighted by Gasteiger charge is 2.19. The van der Waals surface area contributed by atoms with Gasteiger partial charge in [-0.3, -0.25) is 4.79 Å². The minimum atomic E-state index is -0.259. The van der Waals surface area contributed by atoms with E-state index < -0.39 is 0 Å².